The third kappa shape index (κ3) is 1.47. The minimum atomic E-state index is -0.0255. The fraction of sp³-hybridized carbons (Fsp3) is 0.571. The highest BCUT2D eigenvalue weighted by Crippen LogP contribution is 2.51. The largest absolute Gasteiger partial charge is 0.316 e. The highest BCUT2D eigenvalue weighted by Gasteiger charge is 2.45. The molecule has 1 aliphatic carbocycles. The summed E-state index contributed by atoms with van der Waals surface area (Å²) in [5.41, 5.74) is 1.27. The molecule has 16 heavy (non-hydrogen) atoms. The molecule has 0 radical (unpaired) electrons. The lowest BCUT2D eigenvalue weighted by atomic mass is 9.73. The van der Waals surface area contributed by atoms with Crippen molar-refractivity contribution in [2.75, 3.05) is 13.1 Å². The monoisotopic (exact) mass is 219 g/mol. The minimum absolute atomic E-state index is 0.0255. The lowest BCUT2D eigenvalue weighted by Gasteiger charge is -2.30. The quantitative estimate of drug-likeness (QED) is 0.765. The molecule has 86 valence electrons. The molecule has 0 bridgehead atoms. The Kier molecular flexibility index (Phi) is 2.47. The molecular formula is C14H18FN. The van der Waals surface area contributed by atoms with Crippen LogP contribution in [0.15, 0.2) is 24.3 Å². The first-order chi connectivity index (χ1) is 7.82. The van der Waals surface area contributed by atoms with Gasteiger partial charge in [0.05, 0.1) is 0 Å². The SMILES string of the molecule is Fc1ccccc1[C@@H]1CNCC12CCCC2. The van der Waals surface area contributed by atoms with E-state index in [4.69, 9.17) is 0 Å². The van der Waals surface area contributed by atoms with E-state index < -0.39 is 0 Å². The molecule has 2 heteroatoms. The summed E-state index contributed by atoms with van der Waals surface area (Å²) >= 11 is 0. The molecule has 1 aliphatic heterocycles. The summed E-state index contributed by atoms with van der Waals surface area (Å²) < 4.78 is 13.9. The summed E-state index contributed by atoms with van der Waals surface area (Å²) in [4.78, 5) is 0. The van der Waals surface area contributed by atoms with Gasteiger partial charge in [0.15, 0.2) is 0 Å². The van der Waals surface area contributed by atoms with Crippen LogP contribution >= 0.6 is 0 Å². The minimum Gasteiger partial charge on any atom is -0.316 e. The van der Waals surface area contributed by atoms with Gasteiger partial charge in [-0.25, -0.2) is 4.39 Å². The van der Waals surface area contributed by atoms with Crippen molar-refractivity contribution in [3.8, 4) is 0 Å². The molecule has 2 aliphatic rings. The van der Waals surface area contributed by atoms with Gasteiger partial charge in [0.25, 0.3) is 0 Å². The molecule has 1 atom stereocenters. The first-order valence-electron chi connectivity index (χ1n) is 6.27. The molecule has 1 heterocycles. The third-order valence-electron chi connectivity index (χ3n) is 4.44. The number of hydrogen-bond acceptors (Lipinski definition) is 1. The van der Waals surface area contributed by atoms with Crippen molar-refractivity contribution in [3.05, 3.63) is 35.6 Å². The summed E-state index contributed by atoms with van der Waals surface area (Å²) in [5, 5.41) is 3.46. The van der Waals surface area contributed by atoms with E-state index in [1.807, 2.05) is 12.1 Å². The molecule has 1 spiro atoms. The first-order valence-corrected chi connectivity index (χ1v) is 6.27. The maximum atomic E-state index is 13.9. The lowest BCUT2D eigenvalue weighted by Crippen LogP contribution is -2.25. The smallest absolute Gasteiger partial charge is 0.126 e. The molecule has 1 aromatic rings. The zero-order chi connectivity index (χ0) is 11.0. The van der Waals surface area contributed by atoms with Crippen LogP contribution in [0.3, 0.4) is 0 Å². The molecule has 0 unspecified atom stereocenters. The summed E-state index contributed by atoms with van der Waals surface area (Å²) in [6.07, 6.45) is 5.15. The molecule has 0 aromatic heterocycles. The van der Waals surface area contributed by atoms with Crippen molar-refractivity contribution in [3.63, 3.8) is 0 Å². The van der Waals surface area contributed by atoms with Gasteiger partial charge < -0.3 is 5.32 Å². The van der Waals surface area contributed by atoms with Crippen LogP contribution in [0.25, 0.3) is 0 Å². The van der Waals surface area contributed by atoms with Gasteiger partial charge in [0.1, 0.15) is 5.82 Å². The standard InChI is InChI=1S/C14H18FN/c15-13-6-2-1-5-11(13)12-9-16-10-14(12)7-3-4-8-14/h1-2,5-6,12,16H,3-4,7-10H2/t12-/m0/s1. The maximum absolute atomic E-state index is 13.9. The third-order valence-corrected chi connectivity index (χ3v) is 4.44. The number of nitrogens with one attached hydrogen (secondary N) is 1. The van der Waals surface area contributed by atoms with Gasteiger partial charge in [-0.15, -0.1) is 0 Å². The van der Waals surface area contributed by atoms with Crippen LogP contribution in [0.1, 0.15) is 37.2 Å². The molecule has 1 saturated carbocycles. The van der Waals surface area contributed by atoms with E-state index in [2.05, 4.69) is 5.32 Å². The van der Waals surface area contributed by atoms with Gasteiger partial charge in [-0.05, 0) is 29.9 Å². The summed E-state index contributed by atoms with van der Waals surface area (Å²) in [7, 11) is 0. The molecule has 1 nitrogen and oxygen atoms in total. The van der Waals surface area contributed by atoms with Crippen LogP contribution in [0.5, 0.6) is 0 Å². The second kappa shape index (κ2) is 3.85. The van der Waals surface area contributed by atoms with Gasteiger partial charge in [-0.1, -0.05) is 31.0 Å². The predicted octanol–water partition coefficient (Wildman–Crippen LogP) is 3.07. The van der Waals surface area contributed by atoms with Crippen molar-refractivity contribution in [1.29, 1.82) is 0 Å². The second-order valence-electron chi connectivity index (χ2n) is 5.27. The highest BCUT2D eigenvalue weighted by atomic mass is 19.1. The Bertz CT molecular complexity index is 377. The van der Waals surface area contributed by atoms with Gasteiger partial charge in [-0.2, -0.15) is 0 Å². The lowest BCUT2D eigenvalue weighted by molar-refractivity contribution is 0.290. The molecular weight excluding hydrogens is 201 g/mol. The van der Waals surface area contributed by atoms with Crippen molar-refractivity contribution in [2.24, 2.45) is 5.41 Å². The Morgan fingerprint density at radius 2 is 1.94 bits per heavy atom. The molecule has 1 saturated heterocycles. The van der Waals surface area contributed by atoms with Crippen LogP contribution in [0, 0.1) is 11.2 Å². The average molecular weight is 219 g/mol. The zero-order valence-electron chi connectivity index (χ0n) is 9.51. The van der Waals surface area contributed by atoms with E-state index in [1.165, 1.54) is 25.7 Å². The van der Waals surface area contributed by atoms with E-state index in [0.29, 0.717) is 11.3 Å². The van der Waals surface area contributed by atoms with E-state index >= 15 is 0 Å². The predicted molar refractivity (Wildman–Crippen MR) is 62.9 cm³/mol. The van der Waals surface area contributed by atoms with Gasteiger partial charge in [0.2, 0.25) is 0 Å². The molecule has 2 fully saturated rings. The first kappa shape index (κ1) is 10.3. The second-order valence-corrected chi connectivity index (χ2v) is 5.27. The number of halogens is 1. The topological polar surface area (TPSA) is 12.0 Å². The number of hydrogen-bond donors (Lipinski definition) is 1. The summed E-state index contributed by atoms with van der Waals surface area (Å²) in [5.74, 6) is 0.360. The maximum Gasteiger partial charge on any atom is 0.126 e. The zero-order valence-corrected chi connectivity index (χ0v) is 9.51. The van der Waals surface area contributed by atoms with Crippen molar-refractivity contribution < 1.29 is 4.39 Å². The van der Waals surface area contributed by atoms with Crippen LogP contribution < -0.4 is 5.32 Å². The molecule has 1 aromatic carbocycles. The Hall–Kier alpha value is -0.890. The van der Waals surface area contributed by atoms with Gasteiger partial charge in [0, 0.05) is 19.0 Å². The normalized spacial score (nSPS) is 27.7. The fourth-order valence-electron chi connectivity index (χ4n) is 3.61. The Labute approximate surface area is 96.1 Å². The van der Waals surface area contributed by atoms with Crippen LogP contribution in [-0.2, 0) is 0 Å². The fourth-order valence-corrected chi connectivity index (χ4v) is 3.61. The van der Waals surface area contributed by atoms with Crippen LogP contribution in [-0.4, -0.2) is 13.1 Å². The summed E-state index contributed by atoms with van der Waals surface area (Å²) in [6.45, 7) is 2.02. The Morgan fingerprint density at radius 3 is 2.69 bits per heavy atom. The highest BCUT2D eigenvalue weighted by molar-refractivity contribution is 5.27. The van der Waals surface area contributed by atoms with Crippen molar-refractivity contribution in [2.45, 2.75) is 31.6 Å². The van der Waals surface area contributed by atoms with Gasteiger partial charge >= 0.3 is 0 Å². The molecule has 0 amide bonds. The summed E-state index contributed by atoms with van der Waals surface area (Å²) in [6, 6.07) is 7.30. The Balaban J connectivity index is 1.97. The average Bonchev–Trinajstić information content (AvgIpc) is 2.91. The van der Waals surface area contributed by atoms with Crippen LogP contribution in [0.4, 0.5) is 4.39 Å². The van der Waals surface area contributed by atoms with E-state index in [9.17, 15) is 4.39 Å². The van der Waals surface area contributed by atoms with Gasteiger partial charge in [-0.3, -0.25) is 0 Å². The number of benzene rings is 1. The molecule has 1 N–H and O–H groups in total. The van der Waals surface area contributed by atoms with E-state index in [1.54, 1.807) is 12.1 Å². The van der Waals surface area contributed by atoms with Crippen LogP contribution in [0.2, 0.25) is 0 Å². The van der Waals surface area contributed by atoms with Crippen molar-refractivity contribution >= 4 is 0 Å². The number of rotatable bonds is 1. The van der Waals surface area contributed by atoms with Crippen molar-refractivity contribution in [1.82, 2.24) is 5.32 Å². The molecule has 3 rings (SSSR count). The van der Waals surface area contributed by atoms with E-state index in [-0.39, 0.29) is 5.82 Å². The van der Waals surface area contributed by atoms with E-state index in [0.717, 1.165) is 18.7 Å². The Morgan fingerprint density at radius 1 is 1.19 bits per heavy atom.